The maximum absolute atomic E-state index is 12.2. The lowest BCUT2D eigenvalue weighted by Gasteiger charge is -2.03. The maximum atomic E-state index is 12.2. The van der Waals surface area contributed by atoms with Crippen LogP contribution in [0.4, 0.5) is 5.95 Å². The molecule has 118 valence electrons. The van der Waals surface area contributed by atoms with Gasteiger partial charge in [-0.2, -0.15) is 5.10 Å². The lowest BCUT2D eigenvalue weighted by atomic mass is 10.1. The molecule has 0 atom stereocenters. The minimum atomic E-state index is -0.315. The van der Waals surface area contributed by atoms with Crippen molar-refractivity contribution < 1.29 is 4.79 Å². The molecule has 0 bridgehead atoms. The standard InChI is InChI=1S/C15H15BrN6O/c1-10-4-3-5-11(6-10)8-22-9-17-15(20-22)19-14(23)13-12(16)7-18-21(13)2/h3-7,9H,8H2,1-2H3,(H,19,20,23). The van der Waals surface area contributed by atoms with E-state index < -0.39 is 0 Å². The van der Waals surface area contributed by atoms with Gasteiger partial charge >= 0.3 is 0 Å². The van der Waals surface area contributed by atoms with Gasteiger partial charge in [0.2, 0.25) is 5.95 Å². The van der Waals surface area contributed by atoms with Crippen LogP contribution in [-0.4, -0.2) is 30.5 Å². The molecule has 0 saturated heterocycles. The molecule has 0 aliphatic rings. The van der Waals surface area contributed by atoms with E-state index in [9.17, 15) is 4.79 Å². The number of nitrogens with zero attached hydrogens (tertiary/aromatic N) is 5. The summed E-state index contributed by atoms with van der Waals surface area (Å²) in [6.45, 7) is 2.64. The molecule has 0 saturated carbocycles. The summed E-state index contributed by atoms with van der Waals surface area (Å²) in [5, 5.41) is 11.0. The van der Waals surface area contributed by atoms with Gasteiger partial charge in [0, 0.05) is 7.05 Å². The molecule has 1 amide bonds. The highest BCUT2D eigenvalue weighted by Gasteiger charge is 2.16. The summed E-state index contributed by atoms with van der Waals surface area (Å²) in [5.74, 6) is -0.0547. The molecule has 0 fully saturated rings. The molecule has 1 aromatic carbocycles. The Bertz CT molecular complexity index is 834. The van der Waals surface area contributed by atoms with Gasteiger partial charge in [-0.25, -0.2) is 9.67 Å². The minimum absolute atomic E-state index is 0.260. The zero-order valence-corrected chi connectivity index (χ0v) is 14.3. The molecular formula is C15H15BrN6O. The second-order valence-corrected chi connectivity index (χ2v) is 6.03. The van der Waals surface area contributed by atoms with Crippen molar-refractivity contribution in [1.29, 1.82) is 0 Å². The Labute approximate surface area is 141 Å². The van der Waals surface area contributed by atoms with E-state index in [0.717, 1.165) is 5.56 Å². The molecule has 3 rings (SSSR count). The van der Waals surface area contributed by atoms with Crippen molar-refractivity contribution in [2.24, 2.45) is 7.05 Å². The number of anilines is 1. The first-order valence-corrected chi connectivity index (χ1v) is 7.76. The van der Waals surface area contributed by atoms with Gasteiger partial charge in [0.1, 0.15) is 12.0 Å². The number of hydrogen-bond donors (Lipinski definition) is 1. The molecule has 2 heterocycles. The Morgan fingerprint density at radius 1 is 1.39 bits per heavy atom. The van der Waals surface area contributed by atoms with Crippen LogP contribution in [0.15, 0.2) is 41.3 Å². The van der Waals surface area contributed by atoms with Crippen LogP contribution >= 0.6 is 15.9 Å². The van der Waals surface area contributed by atoms with E-state index in [-0.39, 0.29) is 11.9 Å². The van der Waals surface area contributed by atoms with Gasteiger partial charge in [-0.1, -0.05) is 29.8 Å². The lowest BCUT2D eigenvalue weighted by molar-refractivity contribution is 0.101. The topological polar surface area (TPSA) is 77.6 Å². The fourth-order valence-corrected chi connectivity index (χ4v) is 2.78. The summed E-state index contributed by atoms with van der Waals surface area (Å²) in [4.78, 5) is 16.4. The number of hydrogen-bond acceptors (Lipinski definition) is 4. The van der Waals surface area contributed by atoms with E-state index in [0.29, 0.717) is 16.7 Å². The van der Waals surface area contributed by atoms with Gasteiger partial charge in [0.15, 0.2) is 0 Å². The van der Waals surface area contributed by atoms with Gasteiger partial charge in [0.05, 0.1) is 17.2 Å². The van der Waals surface area contributed by atoms with Gasteiger partial charge < -0.3 is 0 Å². The summed E-state index contributed by atoms with van der Waals surface area (Å²) in [5.41, 5.74) is 2.74. The molecule has 0 spiro atoms. The molecule has 1 N–H and O–H groups in total. The van der Waals surface area contributed by atoms with Crippen LogP contribution in [-0.2, 0) is 13.6 Å². The third kappa shape index (κ3) is 3.48. The van der Waals surface area contributed by atoms with Crippen LogP contribution in [0.25, 0.3) is 0 Å². The fraction of sp³-hybridized carbons (Fsp3) is 0.200. The Morgan fingerprint density at radius 2 is 2.22 bits per heavy atom. The minimum Gasteiger partial charge on any atom is -0.288 e. The Morgan fingerprint density at radius 3 is 2.91 bits per heavy atom. The first-order chi connectivity index (χ1) is 11.0. The summed E-state index contributed by atoms with van der Waals surface area (Å²) in [6, 6.07) is 8.17. The number of nitrogens with one attached hydrogen (secondary N) is 1. The van der Waals surface area contributed by atoms with Crippen molar-refractivity contribution in [2.75, 3.05) is 5.32 Å². The predicted octanol–water partition coefficient (Wildman–Crippen LogP) is 2.38. The number of rotatable bonds is 4. The first kappa shape index (κ1) is 15.4. The number of aromatic nitrogens is 5. The monoisotopic (exact) mass is 374 g/mol. The zero-order chi connectivity index (χ0) is 16.4. The molecule has 0 aliphatic heterocycles. The molecular weight excluding hydrogens is 360 g/mol. The highest BCUT2D eigenvalue weighted by Crippen LogP contribution is 2.16. The Balaban J connectivity index is 1.71. The smallest absolute Gasteiger partial charge is 0.277 e. The number of amides is 1. The van der Waals surface area contributed by atoms with Crippen molar-refractivity contribution in [1.82, 2.24) is 24.5 Å². The van der Waals surface area contributed by atoms with Crippen LogP contribution < -0.4 is 5.32 Å². The molecule has 3 aromatic rings. The lowest BCUT2D eigenvalue weighted by Crippen LogP contribution is -2.17. The van der Waals surface area contributed by atoms with Crippen molar-refractivity contribution in [3.63, 3.8) is 0 Å². The Hall–Kier alpha value is -2.48. The summed E-state index contributed by atoms with van der Waals surface area (Å²) in [6.07, 6.45) is 3.16. The molecule has 8 heteroatoms. The highest BCUT2D eigenvalue weighted by atomic mass is 79.9. The molecule has 0 unspecified atom stereocenters. The van der Waals surface area contributed by atoms with Crippen LogP contribution in [0.3, 0.4) is 0 Å². The number of benzene rings is 1. The van der Waals surface area contributed by atoms with Crippen LogP contribution in [0, 0.1) is 6.92 Å². The van der Waals surface area contributed by atoms with E-state index in [1.807, 2.05) is 25.1 Å². The molecule has 7 nitrogen and oxygen atoms in total. The van der Waals surface area contributed by atoms with Crippen molar-refractivity contribution >= 4 is 27.8 Å². The average Bonchev–Trinajstić information content (AvgIpc) is 3.06. The molecule has 0 radical (unpaired) electrons. The third-order valence-corrected chi connectivity index (χ3v) is 3.88. The zero-order valence-electron chi connectivity index (χ0n) is 12.7. The fourth-order valence-electron chi connectivity index (χ4n) is 2.25. The van der Waals surface area contributed by atoms with Gasteiger partial charge in [-0.05, 0) is 28.4 Å². The summed E-state index contributed by atoms with van der Waals surface area (Å²) < 4.78 is 3.79. The number of aryl methyl sites for hydroxylation is 2. The van der Waals surface area contributed by atoms with Crippen LogP contribution in [0.2, 0.25) is 0 Å². The first-order valence-electron chi connectivity index (χ1n) is 6.97. The largest absolute Gasteiger partial charge is 0.288 e. The Kier molecular flexibility index (Phi) is 4.24. The van der Waals surface area contributed by atoms with Crippen molar-refractivity contribution in [2.45, 2.75) is 13.5 Å². The maximum Gasteiger partial charge on any atom is 0.277 e. The summed E-state index contributed by atoms with van der Waals surface area (Å²) in [7, 11) is 1.70. The van der Waals surface area contributed by atoms with Gasteiger partial charge in [0.25, 0.3) is 5.91 Å². The number of carbonyl (C=O) groups is 1. The predicted molar refractivity (Wildman–Crippen MR) is 89.2 cm³/mol. The van der Waals surface area contributed by atoms with E-state index in [1.165, 1.54) is 10.2 Å². The summed E-state index contributed by atoms with van der Waals surface area (Å²) >= 11 is 3.30. The van der Waals surface area contributed by atoms with E-state index in [4.69, 9.17) is 0 Å². The SMILES string of the molecule is Cc1cccc(Cn2cnc(NC(=O)c3c(Br)cnn3C)n2)c1. The molecule has 23 heavy (non-hydrogen) atoms. The van der Waals surface area contributed by atoms with E-state index >= 15 is 0 Å². The van der Waals surface area contributed by atoms with Gasteiger partial charge in [-0.15, -0.1) is 5.10 Å². The number of carbonyl (C=O) groups excluding carboxylic acids is 1. The van der Waals surface area contributed by atoms with Crippen molar-refractivity contribution in [3.8, 4) is 0 Å². The van der Waals surface area contributed by atoms with E-state index in [2.05, 4.69) is 42.5 Å². The molecule has 0 aliphatic carbocycles. The third-order valence-electron chi connectivity index (χ3n) is 3.30. The average molecular weight is 375 g/mol. The van der Waals surface area contributed by atoms with E-state index in [1.54, 1.807) is 24.3 Å². The van der Waals surface area contributed by atoms with Crippen molar-refractivity contribution in [3.05, 3.63) is 58.1 Å². The number of halogens is 1. The van der Waals surface area contributed by atoms with Crippen LogP contribution in [0.1, 0.15) is 21.6 Å². The van der Waals surface area contributed by atoms with Crippen LogP contribution in [0.5, 0.6) is 0 Å². The second-order valence-electron chi connectivity index (χ2n) is 5.17. The molecule has 2 aromatic heterocycles. The quantitative estimate of drug-likeness (QED) is 0.760. The normalized spacial score (nSPS) is 10.7. The van der Waals surface area contributed by atoms with Gasteiger partial charge in [-0.3, -0.25) is 14.8 Å². The second kappa shape index (κ2) is 6.33. The highest BCUT2D eigenvalue weighted by molar-refractivity contribution is 9.10.